The Bertz CT molecular complexity index is 371. The topological polar surface area (TPSA) is 3.24 Å². The molecule has 0 aliphatic heterocycles. The van der Waals surface area contributed by atoms with Gasteiger partial charge >= 0.3 is 0 Å². The van der Waals surface area contributed by atoms with Crippen molar-refractivity contribution in [1.82, 2.24) is 4.90 Å². The van der Waals surface area contributed by atoms with Gasteiger partial charge in [-0.05, 0) is 74.9 Å². The first-order chi connectivity index (χ1) is 8.65. The second-order valence-corrected chi connectivity index (χ2v) is 5.80. The van der Waals surface area contributed by atoms with Gasteiger partial charge < -0.3 is 0 Å². The first-order valence-corrected chi connectivity index (χ1v) is 7.48. The van der Waals surface area contributed by atoms with E-state index in [4.69, 9.17) is 0 Å². The van der Waals surface area contributed by atoms with E-state index in [0.29, 0.717) is 0 Å². The molecule has 0 atom stereocenters. The summed E-state index contributed by atoms with van der Waals surface area (Å²) >= 11 is 0. The minimum atomic E-state index is 0.751. The SMILES string of the molecule is CCCN(CCC)C1Cc2cc(C)c(C)cc2C1. The fourth-order valence-corrected chi connectivity index (χ4v) is 3.21. The van der Waals surface area contributed by atoms with Crippen molar-refractivity contribution in [3.63, 3.8) is 0 Å². The fraction of sp³-hybridized carbons (Fsp3) is 0.647. The second-order valence-electron chi connectivity index (χ2n) is 5.80. The van der Waals surface area contributed by atoms with Crippen LogP contribution in [0.25, 0.3) is 0 Å². The van der Waals surface area contributed by atoms with Crippen LogP contribution in [0.5, 0.6) is 0 Å². The number of nitrogens with zero attached hydrogens (tertiary/aromatic N) is 1. The summed E-state index contributed by atoms with van der Waals surface area (Å²) in [5.74, 6) is 0. The van der Waals surface area contributed by atoms with Crippen molar-refractivity contribution >= 4 is 0 Å². The molecule has 0 spiro atoms. The van der Waals surface area contributed by atoms with E-state index < -0.39 is 0 Å². The summed E-state index contributed by atoms with van der Waals surface area (Å²) in [4.78, 5) is 2.70. The lowest BCUT2D eigenvalue weighted by Crippen LogP contribution is -2.37. The van der Waals surface area contributed by atoms with E-state index in [0.717, 1.165) is 6.04 Å². The van der Waals surface area contributed by atoms with Crippen LogP contribution < -0.4 is 0 Å². The van der Waals surface area contributed by atoms with Crippen molar-refractivity contribution in [2.75, 3.05) is 13.1 Å². The van der Waals surface area contributed by atoms with Crippen LogP contribution in [0.15, 0.2) is 12.1 Å². The second kappa shape index (κ2) is 5.88. The number of aryl methyl sites for hydroxylation is 2. The molecule has 100 valence electrons. The monoisotopic (exact) mass is 245 g/mol. The zero-order valence-electron chi connectivity index (χ0n) is 12.4. The van der Waals surface area contributed by atoms with Crippen LogP contribution in [-0.4, -0.2) is 24.0 Å². The van der Waals surface area contributed by atoms with Crippen LogP contribution in [0.3, 0.4) is 0 Å². The third kappa shape index (κ3) is 2.77. The van der Waals surface area contributed by atoms with Crippen molar-refractivity contribution in [2.45, 2.75) is 59.4 Å². The highest BCUT2D eigenvalue weighted by molar-refractivity contribution is 5.41. The Balaban J connectivity index is 2.12. The molecule has 0 saturated carbocycles. The molecule has 0 N–H and O–H groups in total. The third-order valence-electron chi connectivity index (χ3n) is 4.27. The van der Waals surface area contributed by atoms with Gasteiger partial charge in [-0.2, -0.15) is 0 Å². The van der Waals surface area contributed by atoms with Crippen LogP contribution in [0.4, 0.5) is 0 Å². The lowest BCUT2D eigenvalue weighted by Gasteiger charge is -2.27. The van der Waals surface area contributed by atoms with Gasteiger partial charge in [0.15, 0.2) is 0 Å². The maximum absolute atomic E-state index is 2.70. The highest BCUT2D eigenvalue weighted by atomic mass is 15.1. The molecule has 0 aromatic heterocycles. The van der Waals surface area contributed by atoms with Gasteiger partial charge in [0.05, 0.1) is 0 Å². The molecule has 0 radical (unpaired) electrons. The minimum absolute atomic E-state index is 0.751. The number of hydrogen-bond acceptors (Lipinski definition) is 1. The van der Waals surface area contributed by atoms with Crippen molar-refractivity contribution in [2.24, 2.45) is 0 Å². The molecule has 1 heteroatoms. The van der Waals surface area contributed by atoms with Gasteiger partial charge in [-0.25, -0.2) is 0 Å². The molecular formula is C17H27N. The predicted molar refractivity (Wildman–Crippen MR) is 79.3 cm³/mol. The quantitative estimate of drug-likeness (QED) is 0.760. The summed E-state index contributed by atoms with van der Waals surface area (Å²) in [6.07, 6.45) is 5.06. The average Bonchev–Trinajstić information content (AvgIpc) is 2.72. The predicted octanol–water partition coefficient (Wildman–Crippen LogP) is 3.89. The molecule has 1 nitrogen and oxygen atoms in total. The number of benzene rings is 1. The van der Waals surface area contributed by atoms with Gasteiger partial charge in [0.1, 0.15) is 0 Å². The van der Waals surface area contributed by atoms with E-state index in [1.54, 1.807) is 11.1 Å². The molecule has 0 unspecified atom stereocenters. The smallest absolute Gasteiger partial charge is 0.0176 e. The van der Waals surface area contributed by atoms with Gasteiger partial charge in [0, 0.05) is 6.04 Å². The Hall–Kier alpha value is -0.820. The van der Waals surface area contributed by atoms with Gasteiger partial charge in [0.25, 0.3) is 0 Å². The molecule has 2 rings (SSSR count). The maximum Gasteiger partial charge on any atom is 0.0176 e. The lowest BCUT2D eigenvalue weighted by molar-refractivity contribution is 0.202. The highest BCUT2D eigenvalue weighted by Gasteiger charge is 2.26. The van der Waals surface area contributed by atoms with E-state index in [1.807, 2.05) is 0 Å². The van der Waals surface area contributed by atoms with E-state index in [1.165, 1.54) is 49.9 Å². The number of rotatable bonds is 5. The molecule has 18 heavy (non-hydrogen) atoms. The Morgan fingerprint density at radius 2 is 1.39 bits per heavy atom. The molecule has 0 fully saturated rings. The summed E-state index contributed by atoms with van der Waals surface area (Å²) in [6, 6.07) is 5.59. The molecule has 0 saturated heterocycles. The standard InChI is InChI=1S/C17H27N/c1-5-7-18(8-6-2)17-11-15-9-13(3)14(4)10-16(15)12-17/h9-10,17H,5-8,11-12H2,1-4H3. The zero-order valence-corrected chi connectivity index (χ0v) is 12.4. The first-order valence-electron chi connectivity index (χ1n) is 7.48. The molecule has 0 amide bonds. The first kappa shape index (κ1) is 13.6. The molecule has 1 aliphatic rings. The molecule has 0 heterocycles. The van der Waals surface area contributed by atoms with Crippen molar-refractivity contribution in [3.8, 4) is 0 Å². The molecular weight excluding hydrogens is 218 g/mol. The lowest BCUT2D eigenvalue weighted by atomic mass is 10.0. The van der Waals surface area contributed by atoms with Crippen LogP contribution in [0.2, 0.25) is 0 Å². The van der Waals surface area contributed by atoms with Crippen molar-refractivity contribution < 1.29 is 0 Å². The van der Waals surface area contributed by atoms with Crippen LogP contribution >= 0.6 is 0 Å². The third-order valence-corrected chi connectivity index (χ3v) is 4.27. The Morgan fingerprint density at radius 3 is 1.78 bits per heavy atom. The highest BCUT2D eigenvalue weighted by Crippen LogP contribution is 2.28. The Morgan fingerprint density at radius 1 is 0.944 bits per heavy atom. The number of hydrogen-bond donors (Lipinski definition) is 0. The van der Waals surface area contributed by atoms with E-state index in [-0.39, 0.29) is 0 Å². The fourth-order valence-electron chi connectivity index (χ4n) is 3.21. The molecule has 0 bridgehead atoms. The summed E-state index contributed by atoms with van der Waals surface area (Å²) < 4.78 is 0. The van der Waals surface area contributed by atoms with Gasteiger partial charge in [-0.3, -0.25) is 4.90 Å². The summed E-state index contributed by atoms with van der Waals surface area (Å²) in [5, 5.41) is 0. The van der Waals surface area contributed by atoms with E-state index >= 15 is 0 Å². The van der Waals surface area contributed by atoms with Crippen LogP contribution in [0, 0.1) is 13.8 Å². The van der Waals surface area contributed by atoms with E-state index in [9.17, 15) is 0 Å². The average molecular weight is 245 g/mol. The summed E-state index contributed by atoms with van der Waals surface area (Å²) in [7, 11) is 0. The summed E-state index contributed by atoms with van der Waals surface area (Å²) in [6.45, 7) is 11.6. The summed E-state index contributed by atoms with van der Waals surface area (Å²) in [5.41, 5.74) is 6.10. The number of fused-ring (bicyclic) bond motifs is 1. The minimum Gasteiger partial charge on any atom is -0.300 e. The van der Waals surface area contributed by atoms with Crippen molar-refractivity contribution in [1.29, 1.82) is 0 Å². The largest absolute Gasteiger partial charge is 0.300 e. The van der Waals surface area contributed by atoms with Gasteiger partial charge in [-0.15, -0.1) is 0 Å². The van der Waals surface area contributed by atoms with Crippen LogP contribution in [-0.2, 0) is 12.8 Å². The van der Waals surface area contributed by atoms with E-state index in [2.05, 4.69) is 44.7 Å². The maximum atomic E-state index is 2.70. The van der Waals surface area contributed by atoms with Gasteiger partial charge in [0.2, 0.25) is 0 Å². The Labute approximate surface area is 112 Å². The van der Waals surface area contributed by atoms with Crippen LogP contribution in [0.1, 0.15) is 48.9 Å². The molecule has 1 aliphatic carbocycles. The normalized spacial score (nSPS) is 15.4. The molecule has 1 aromatic rings. The zero-order chi connectivity index (χ0) is 13.1. The Kier molecular flexibility index (Phi) is 4.45. The van der Waals surface area contributed by atoms with Crippen molar-refractivity contribution in [3.05, 3.63) is 34.4 Å². The van der Waals surface area contributed by atoms with Gasteiger partial charge in [-0.1, -0.05) is 26.0 Å². The molecule has 1 aromatic carbocycles.